The molecule has 0 unspecified atom stereocenters. The average molecular weight is 599 g/mol. The summed E-state index contributed by atoms with van der Waals surface area (Å²) in [5.41, 5.74) is 4.12. The number of rotatable bonds is 10. The van der Waals surface area contributed by atoms with Gasteiger partial charge in [0.2, 0.25) is 5.91 Å². The first-order valence-electron chi connectivity index (χ1n) is 14.6. The topological polar surface area (TPSA) is 93.7 Å². The van der Waals surface area contributed by atoms with Gasteiger partial charge in [-0.05, 0) is 57.3 Å². The van der Waals surface area contributed by atoms with Gasteiger partial charge in [0, 0.05) is 5.69 Å². The maximum atomic E-state index is 13.5. The highest BCUT2D eigenvalue weighted by atomic mass is 16.5. The lowest BCUT2D eigenvalue weighted by Crippen LogP contribution is -2.30. The zero-order chi connectivity index (χ0) is 31.6. The minimum Gasteiger partial charge on any atom is -0.465 e. The molecule has 0 aliphatic heterocycles. The predicted octanol–water partition coefficient (Wildman–Crippen LogP) is 7.95. The van der Waals surface area contributed by atoms with Crippen molar-refractivity contribution >= 4 is 40.0 Å². The molecule has 0 bridgehead atoms. The summed E-state index contributed by atoms with van der Waals surface area (Å²) in [6, 6.07) is 38.8. The van der Waals surface area contributed by atoms with E-state index in [-0.39, 0.29) is 12.5 Å². The lowest BCUT2D eigenvalue weighted by molar-refractivity contribution is -0.118. The van der Waals surface area contributed by atoms with Crippen molar-refractivity contribution in [1.82, 2.24) is 5.32 Å². The third-order valence-corrected chi connectivity index (χ3v) is 7.42. The second kappa shape index (κ2) is 14.7. The Kier molecular flexibility index (Phi) is 10.0. The van der Waals surface area contributed by atoms with E-state index in [4.69, 9.17) is 9.47 Å². The van der Waals surface area contributed by atoms with E-state index in [1.54, 1.807) is 24.3 Å². The molecule has 7 nitrogen and oxygen atoms in total. The van der Waals surface area contributed by atoms with Gasteiger partial charge in [-0.25, -0.2) is 9.59 Å². The number of ether oxygens (including phenoxy) is 2. The number of hydrogen-bond donors (Lipinski definition) is 2. The summed E-state index contributed by atoms with van der Waals surface area (Å²) in [7, 11) is 1.32. The van der Waals surface area contributed by atoms with E-state index in [0.717, 1.165) is 21.9 Å². The fraction of sp³-hybridized carbons (Fsp3) is 0.132. The Bertz CT molecular complexity index is 1800. The molecular weight excluding hydrogens is 564 g/mol. The highest BCUT2D eigenvalue weighted by Gasteiger charge is 2.24. The number of benzene rings is 5. The monoisotopic (exact) mass is 598 g/mol. The van der Waals surface area contributed by atoms with Crippen molar-refractivity contribution < 1.29 is 23.9 Å². The van der Waals surface area contributed by atoms with E-state index in [1.807, 2.05) is 116 Å². The van der Waals surface area contributed by atoms with E-state index in [0.29, 0.717) is 22.4 Å². The van der Waals surface area contributed by atoms with Crippen molar-refractivity contribution in [2.75, 3.05) is 12.4 Å². The van der Waals surface area contributed by atoms with E-state index in [2.05, 4.69) is 10.6 Å². The SMILES string of the molecule is COC(=O)c1ccc([C@@H](NC(=O)OCc2ccccc2)/C(=C/[C@@H](C)C(=O)Nc2ccc3ccccc3c2)c2ccccc2)cc1. The molecule has 5 aromatic carbocycles. The van der Waals surface area contributed by atoms with Crippen LogP contribution in [0.4, 0.5) is 10.5 Å². The maximum Gasteiger partial charge on any atom is 0.408 e. The van der Waals surface area contributed by atoms with Crippen molar-refractivity contribution in [3.63, 3.8) is 0 Å². The van der Waals surface area contributed by atoms with Gasteiger partial charge in [0.1, 0.15) is 6.61 Å². The number of fused-ring (bicyclic) bond motifs is 1. The third-order valence-electron chi connectivity index (χ3n) is 7.42. The molecule has 0 spiro atoms. The molecule has 2 amide bonds. The van der Waals surface area contributed by atoms with Crippen LogP contribution in [0.25, 0.3) is 16.3 Å². The molecule has 2 N–H and O–H groups in total. The van der Waals surface area contributed by atoms with Gasteiger partial charge < -0.3 is 20.1 Å². The van der Waals surface area contributed by atoms with Crippen LogP contribution in [0.15, 0.2) is 133 Å². The Balaban J connectivity index is 1.47. The number of hydrogen-bond acceptors (Lipinski definition) is 5. The van der Waals surface area contributed by atoms with Gasteiger partial charge in [-0.2, -0.15) is 0 Å². The summed E-state index contributed by atoms with van der Waals surface area (Å²) >= 11 is 0. The Morgan fingerprint density at radius 1 is 0.733 bits per heavy atom. The van der Waals surface area contributed by atoms with E-state index in [1.165, 1.54) is 7.11 Å². The molecule has 0 saturated heterocycles. The molecule has 226 valence electrons. The predicted molar refractivity (Wildman–Crippen MR) is 176 cm³/mol. The summed E-state index contributed by atoms with van der Waals surface area (Å²) in [6.45, 7) is 1.90. The van der Waals surface area contributed by atoms with Gasteiger partial charge >= 0.3 is 12.1 Å². The summed E-state index contributed by atoms with van der Waals surface area (Å²) < 4.78 is 10.4. The summed E-state index contributed by atoms with van der Waals surface area (Å²) in [5, 5.41) is 8.14. The van der Waals surface area contributed by atoms with Crippen molar-refractivity contribution in [1.29, 1.82) is 0 Å². The van der Waals surface area contributed by atoms with Crippen LogP contribution < -0.4 is 10.6 Å². The van der Waals surface area contributed by atoms with Crippen LogP contribution in [0.5, 0.6) is 0 Å². The Morgan fingerprint density at radius 2 is 1.38 bits per heavy atom. The van der Waals surface area contributed by atoms with Crippen LogP contribution >= 0.6 is 0 Å². The summed E-state index contributed by atoms with van der Waals surface area (Å²) in [5.74, 6) is -1.25. The first kappa shape index (κ1) is 30.8. The average Bonchev–Trinajstić information content (AvgIpc) is 3.09. The molecule has 7 heteroatoms. The molecule has 0 aromatic heterocycles. The lowest BCUT2D eigenvalue weighted by Gasteiger charge is -2.24. The number of anilines is 1. The number of nitrogens with one attached hydrogen (secondary N) is 2. The molecule has 2 atom stereocenters. The Morgan fingerprint density at radius 3 is 2.07 bits per heavy atom. The van der Waals surface area contributed by atoms with Crippen LogP contribution in [0.2, 0.25) is 0 Å². The van der Waals surface area contributed by atoms with Crippen LogP contribution in [0.3, 0.4) is 0 Å². The molecule has 0 radical (unpaired) electrons. The van der Waals surface area contributed by atoms with Gasteiger partial charge in [0.25, 0.3) is 0 Å². The highest BCUT2D eigenvalue weighted by Crippen LogP contribution is 2.32. The molecule has 0 heterocycles. The van der Waals surface area contributed by atoms with Crippen molar-refractivity contribution in [2.24, 2.45) is 5.92 Å². The van der Waals surface area contributed by atoms with Crippen LogP contribution in [-0.2, 0) is 20.9 Å². The second-order valence-corrected chi connectivity index (χ2v) is 10.6. The normalized spacial score (nSPS) is 12.5. The maximum absolute atomic E-state index is 13.5. The fourth-order valence-electron chi connectivity index (χ4n) is 5.01. The van der Waals surface area contributed by atoms with Crippen LogP contribution in [0, 0.1) is 5.92 Å². The molecule has 5 rings (SSSR count). The van der Waals surface area contributed by atoms with Gasteiger partial charge in [0.15, 0.2) is 0 Å². The molecule has 0 saturated carbocycles. The molecule has 45 heavy (non-hydrogen) atoms. The van der Waals surface area contributed by atoms with Crippen LogP contribution in [-0.4, -0.2) is 25.1 Å². The third kappa shape index (κ3) is 8.03. The minimum atomic E-state index is -0.710. The second-order valence-electron chi connectivity index (χ2n) is 10.6. The standard InChI is InChI=1S/C38H34N2O5/c1-26(36(41)39-33-22-21-28-13-9-10-16-32(28)24-33)23-34(29-14-7-4-8-15-29)35(30-17-19-31(20-18-30)37(42)44-2)40-38(43)45-25-27-11-5-3-6-12-27/h3-24,26,35H,25H2,1-2H3,(H,39,41)(H,40,43)/b34-23+/t26-,35-/m1/s1. The Hall–Kier alpha value is -5.69. The smallest absolute Gasteiger partial charge is 0.408 e. The lowest BCUT2D eigenvalue weighted by atomic mass is 9.89. The van der Waals surface area contributed by atoms with Crippen molar-refractivity contribution in [2.45, 2.75) is 19.6 Å². The van der Waals surface area contributed by atoms with E-state index < -0.39 is 24.0 Å². The van der Waals surface area contributed by atoms with Crippen molar-refractivity contribution in [3.8, 4) is 0 Å². The quantitative estimate of drug-likeness (QED) is 0.159. The molecule has 0 aliphatic rings. The van der Waals surface area contributed by atoms with Gasteiger partial charge in [-0.3, -0.25) is 4.79 Å². The largest absolute Gasteiger partial charge is 0.465 e. The van der Waals surface area contributed by atoms with Gasteiger partial charge in [-0.1, -0.05) is 116 Å². The van der Waals surface area contributed by atoms with Gasteiger partial charge in [0.05, 0.1) is 24.6 Å². The summed E-state index contributed by atoms with van der Waals surface area (Å²) in [4.78, 5) is 38.8. The minimum absolute atomic E-state index is 0.0929. The van der Waals surface area contributed by atoms with Gasteiger partial charge in [-0.15, -0.1) is 0 Å². The van der Waals surface area contributed by atoms with Crippen LogP contribution in [0.1, 0.15) is 40.0 Å². The zero-order valence-corrected chi connectivity index (χ0v) is 25.1. The number of methoxy groups -OCH3 is 1. The van der Waals surface area contributed by atoms with E-state index >= 15 is 0 Å². The van der Waals surface area contributed by atoms with Crippen molar-refractivity contribution in [3.05, 3.63) is 156 Å². The number of amides is 2. The first-order chi connectivity index (χ1) is 21.9. The fourth-order valence-corrected chi connectivity index (χ4v) is 5.01. The number of carbonyl (C=O) groups is 3. The summed E-state index contributed by atoms with van der Waals surface area (Å²) in [6.07, 6.45) is 1.22. The molecule has 5 aromatic rings. The number of carbonyl (C=O) groups excluding carboxylic acids is 3. The molecular formula is C38H34N2O5. The zero-order valence-electron chi connectivity index (χ0n) is 25.1. The van der Waals surface area contributed by atoms with E-state index in [9.17, 15) is 14.4 Å². The Labute approximate surface area is 262 Å². The number of esters is 1. The molecule has 0 fully saturated rings. The highest BCUT2D eigenvalue weighted by molar-refractivity contribution is 5.97. The first-order valence-corrected chi connectivity index (χ1v) is 14.6. The number of alkyl carbamates (subject to hydrolysis) is 1. The molecule has 0 aliphatic carbocycles.